The lowest BCUT2D eigenvalue weighted by molar-refractivity contribution is 0.102. The fourth-order valence-electron chi connectivity index (χ4n) is 2.14. The Labute approximate surface area is 145 Å². The maximum atomic E-state index is 12.6. The van der Waals surface area contributed by atoms with Crippen molar-refractivity contribution in [3.8, 4) is 0 Å². The van der Waals surface area contributed by atoms with E-state index in [2.05, 4.69) is 15.3 Å². The van der Waals surface area contributed by atoms with E-state index in [-0.39, 0.29) is 5.91 Å². The van der Waals surface area contributed by atoms with Crippen LogP contribution < -0.4 is 5.32 Å². The first-order valence-corrected chi connectivity index (χ1v) is 8.56. The van der Waals surface area contributed by atoms with Crippen LogP contribution in [0.4, 0.5) is 5.69 Å². The van der Waals surface area contributed by atoms with Gasteiger partial charge in [0.25, 0.3) is 5.91 Å². The number of anilines is 1. The standard InChI is InChI=1S/C19H17N3OS/c1-14-4-6-16(7-5-14)22-18(23)17-3-2-10-21-19(17)24-13-15-8-11-20-12-9-15/h2-12H,13H2,1H3,(H,22,23). The molecule has 24 heavy (non-hydrogen) atoms. The molecule has 5 heteroatoms. The average molecular weight is 335 g/mol. The molecular weight excluding hydrogens is 318 g/mol. The van der Waals surface area contributed by atoms with Crippen molar-refractivity contribution in [2.24, 2.45) is 0 Å². The minimum Gasteiger partial charge on any atom is -0.322 e. The summed E-state index contributed by atoms with van der Waals surface area (Å²) >= 11 is 1.54. The highest BCUT2D eigenvalue weighted by Crippen LogP contribution is 2.24. The lowest BCUT2D eigenvalue weighted by Crippen LogP contribution is -2.13. The highest BCUT2D eigenvalue weighted by molar-refractivity contribution is 7.98. The topological polar surface area (TPSA) is 54.9 Å². The van der Waals surface area contributed by atoms with Crippen LogP contribution in [0.15, 0.2) is 72.1 Å². The Morgan fingerprint density at radius 1 is 1.04 bits per heavy atom. The number of nitrogens with one attached hydrogen (secondary N) is 1. The maximum Gasteiger partial charge on any atom is 0.258 e. The van der Waals surface area contributed by atoms with E-state index in [1.54, 1.807) is 42.5 Å². The first-order valence-electron chi connectivity index (χ1n) is 7.57. The monoisotopic (exact) mass is 335 g/mol. The highest BCUT2D eigenvalue weighted by atomic mass is 32.2. The normalized spacial score (nSPS) is 10.4. The summed E-state index contributed by atoms with van der Waals surface area (Å²) in [6.07, 6.45) is 5.23. The van der Waals surface area contributed by atoms with Crippen molar-refractivity contribution in [1.82, 2.24) is 9.97 Å². The Bertz CT molecular complexity index is 820. The number of nitrogens with zero attached hydrogens (tertiary/aromatic N) is 2. The van der Waals surface area contributed by atoms with Crippen LogP contribution in [-0.4, -0.2) is 15.9 Å². The fourth-order valence-corrected chi connectivity index (χ4v) is 3.09. The molecule has 2 heterocycles. The van der Waals surface area contributed by atoms with Crippen LogP contribution in [0, 0.1) is 6.92 Å². The van der Waals surface area contributed by atoms with Crippen molar-refractivity contribution in [3.05, 3.63) is 83.8 Å². The summed E-state index contributed by atoms with van der Waals surface area (Å²) in [7, 11) is 0. The zero-order valence-corrected chi connectivity index (χ0v) is 14.1. The largest absolute Gasteiger partial charge is 0.322 e. The van der Waals surface area contributed by atoms with E-state index in [0.29, 0.717) is 5.56 Å². The minimum absolute atomic E-state index is 0.149. The Morgan fingerprint density at radius 3 is 2.54 bits per heavy atom. The molecule has 0 saturated heterocycles. The summed E-state index contributed by atoms with van der Waals surface area (Å²) in [5.74, 6) is 0.592. The third kappa shape index (κ3) is 4.20. The maximum absolute atomic E-state index is 12.6. The van der Waals surface area contributed by atoms with Crippen molar-refractivity contribution in [2.45, 2.75) is 17.7 Å². The number of aryl methyl sites for hydroxylation is 1. The van der Waals surface area contributed by atoms with E-state index in [9.17, 15) is 4.79 Å². The minimum atomic E-state index is -0.149. The molecule has 0 spiro atoms. The molecule has 0 saturated carbocycles. The first-order chi connectivity index (χ1) is 11.7. The summed E-state index contributed by atoms with van der Waals surface area (Å²) in [6.45, 7) is 2.01. The number of rotatable bonds is 5. The van der Waals surface area contributed by atoms with Gasteiger partial charge < -0.3 is 5.32 Å². The molecule has 1 amide bonds. The number of carbonyl (C=O) groups excluding carboxylic acids is 1. The fraction of sp³-hybridized carbons (Fsp3) is 0.105. The Morgan fingerprint density at radius 2 is 1.79 bits per heavy atom. The molecule has 4 nitrogen and oxygen atoms in total. The Balaban J connectivity index is 1.73. The van der Waals surface area contributed by atoms with Gasteiger partial charge in [0, 0.05) is 30.0 Å². The van der Waals surface area contributed by atoms with Crippen LogP contribution in [0.3, 0.4) is 0 Å². The van der Waals surface area contributed by atoms with E-state index in [1.807, 2.05) is 43.3 Å². The molecular formula is C19H17N3OS. The number of thioether (sulfide) groups is 1. The SMILES string of the molecule is Cc1ccc(NC(=O)c2cccnc2SCc2ccncc2)cc1. The predicted octanol–water partition coefficient (Wildman–Crippen LogP) is 4.33. The van der Waals surface area contributed by atoms with Crippen LogP contribution in [0.5, 0.6) is 0 Å². The van der Waals surface area contributed by atoms with Gasteiger partial charge in [-0.15, -0.1) is 11.8 Å². The number of hydrogen-bond donors (Lipinski definition) is 1. The lowest BCUT2D eigenvalue weighted by atomic mass is 10.2. The second-order valence-electron chi connectivity index (χ2n) is 5.32. The van der Waals surface area contributed by atoms with Gasteiger partial charge in [-0.05, 0) is 48.9 Å². The van der Waals surface area contributed by atoms with Crippen LogP contribution in [0.1, 0.15) is 21.5 Å². The number of amides is 1. The smallest absolute Gasteiger partial charge is 0.258 e. The van der Waals surface area contributed by atoms with E-state index >= 15 is 0 Å². The second-order valence-corrected chi connectivity index (χ2v) is 6.28. The molecule has 2 aromatic heterocycles. The molecule has 0 aliphatic heterocycles. The number of pyridine rings is 2. The van der Waals surface area contributed by atoms with E-state index in [1.165, 1.54) is 0 Å². The molecule has 0 aliphatic carbocycles. The third-order valence-electron chi connectivity index (χ3n) is 3.45. The van der Waals surface area contributed by atoms with Gasteiger partial charge >= 0.3 is 0 Å². The van der Waals surface area contributed by atoms with E-state index in [0.717, 1.165) is 27.6 Å². The first kappa shape index (κ1) is 16.2. The molecule has 1 N–H and O–H groups in total. The summed E-state index contributed by atoms with van der Waals surface area (Å²) in [4.78, 5) is 20.9. The molecule has 3 aromatic rings. The predicted molar refractivity (Wildman–Crippen MR) is 97.2 cm³/mol. The lowest BCUT2D eigenvalue weighted by Gasteiger charge is -2.09. The number of benzene rings is 1. The van der Waals surface area contributed by atoms with Crippen molar-refractivity contribution < 1.29 is 4.79 Å². The van der Waals surface area contributed by atoms with E-state index in [4.69, 9.17) is 0 Å². The van der Waals surface area contributed by atoms with Crippen molar-refractivity contribution >= 4 is 23.4 Å². The second kappa shape index (κ2) is 7.75. The van der Waals surface area contributed by atoms with Gasteiger partial charge in [-0.25, -0.2) is 4.98 Å². The van der Waals surface area contributed by atoms with Crippen LogP contribution in [0.25, 0.3) is 0 Å². The molecule has 0 unspecified atom stereocenters. The van der Waals surface area contributed by atoms with E-state index < -0.39 is 0 Å². The summed E-state index contributed by atoms with van der Waals surface area (Å²) in [5.41, 5.74) is 3.66. The van der Waals surface area contributed by atoms with Crippen molar-refractivity contribution in [1.29, 1.82) is 0 Å². The Hall–Kier alpha value is -2.66. The molecule has 0 aliphatic rings. The van der Waals surface area contributed by atoms with Crippen LogP contribution >= 0.6 is 11.8 Å². The molecule has 3 rings (SSSR count). The Kier molecular flexibility index (Phi) is 5.23. The average Bonchev–Trinajstić information content (AvgIpc) is 2.63. The highest BCUT2D eigenvalue weighted by Gasteiger charge is 2.13. The van der Waals surface area contributed by atoms with Crippen LogP contribution in [-0.2, 0) is 5.75 Å². The quantitative estimate of drug-likeness (QED) is 0.705. The molecule has 0 bridgehead atoms. The molecule has 1 aromatic carbocycles. The zero-order valence-electron chi connectivity index (χ0n) is 13.3. The van der Waals surface area contributed by atoms with Gasteiger partial charge in [0.05, 0.1) is 5.56 Å². The number of carbonyl (C=O) groups is 1. The van der Waals surface area contributed by atoms with Gasteiger partial charge in [-0.2, -0.15) is 0 Å². The van der Waals surface area contributed by atoms with Gasteiger partial charge in [-0.1, -0.05) is 17.7 Å². The number of aromatic nitrogens is 2. The van der Waals surface area contributed by atoms with Gasteiger partial charge in [0.15, 0.2) is 0 Å². The summed E-state index contributed by atoms with van der Waals surface area (Å²) < 4.78 is 0. The summed E-state index contributed by atoms with van der Waals surface area (Å²) in [6, 6.07) is 15.2. The molecule has 0 radical (unpaired) electrons. The van der Waals surface area contributed by atoms with Gasteiger partial charge in [0.1, 0.15) is 5.03 Å². The van der Waals surface area contributed by atoms with Crippen molar-refractivity contribution in [2.75, 3.05) is 5.32 Å². The van der Waals surface area contributed by atoms with Gasteiger partial charge in [0.2, 0.25) is 0 Å². The third-order valence-corrected chi connectivity index (χ3v) is 4.53. The summed E-state index contributed by atoms with van der Waals surface area (Å²) in [5, 5.41) is 3.64. The number of hydrogen-bond acceptors (Lipinski definition) is 4. The van der Waals surface area contributed by atoms with Crippen molar-refractivity contribution in [3.63, 3.8) is 0 Å². The zero-order chi connectivity index (χ0) is 16.8. The molecule has 0 fully saturated rings. The van der Waals surface area contributed by atoms with Crippen LogP contribution in [0.2, 0.25) is 0 Å². The molecule has 120 valence electrons. The van der Waals surface area contributed by atoms with Gasteiger partial charge in [-0.3, -0.25) is 9.78 Å². The molecule has 0 atom stereocenters.